The average molecular weight is 416 g/mol. The summed E-state index contributed by atoms with van der Waals surface area (Å²) in [5, 5.41) is 11.6. The number of Topliss-reactive ketones (excluding diaryl/α,β-unsaturated/α-hetero) is 1. The zero-order chi connectivity index (χ0) is 22.1. The van der Waals surface area contributed by atoms with Gasteiger partial charge in [-0.25, -0.2) is 4.85 Å². The molecule has 156 valence electrons. The van der Waals surface area contributed by atoms with Crippen LogP contribution in [0.25, 0.3) is 15.7 Å². The minimum Gasteiger partial charge on any atom is -0.497 e. The second-order valence-corrected chi connectivity index (χ2v) is 7.20. The van der Waals surface area contributed by atoms with Gasteiger partial charge in [0.1, 0.15) is 11.4 Å². The Labute approximate surface area is 171 Å². The zero-order valence-electron chi connectivity index (χ0n) is 16.3. The molecule has 0 spiro atoms. The Hall–Kier alpha value is -3.31. The second kappa shape index (κ2) is 7.84. The lowest BCUT2D eigenvalue weighted by atomic mass is 9.94. The van der Waals surface area contributed by atoms with Gasteiger partial charge in [-0.15, -0.1) is 0 Å². The van der Waals surface area contributed by atoms with Crippen molar-refractivity contribution in [2.75, 3.05) is 7.11 Å². The van der Waals surface area contributed by atoms with Gasteiger partial charge in [0.05, 0.1) is 25.8 Å². The van der Waals surface area contributed by atoms with Crippen molar-refractivity contribution in [2.45, 2.75) is 31.7 Å². The van der Waals surface area contributed by atoms with E-state index in [9.17, 15) is 23.1 Å². The van der Waals surface area contributed by atoms with Gasteiger partial charge in [-0.1, -0.05) is 18.2 Å². The van der Waals surface area contributed by atoms with E-state index in [1.165, 1.54) is 13.0 Å². The fourth-order valence-electron chi connectivity index (χ4n) is 3.26. The highest BCUT2D eigenvalue weighted by atomic mass is 19.4. The maximum absolute atomic E-state index is 13.2. The molecule has 30 heavy (non-hydrogen) atoms. The Morgan fingerprint density at radius 3 is 2.57 bits per heavy atom. The number of alkyl halides is 3. The van der Waals surface area contributed by atoms with E-state index in [1.807, 2.05) is 12.1 Å². The van der Waals surface area contributed by atoms with Gasteiger partial charge in [0, 0.05) is 23.5 Å². The van der Waals surface area contributed by atoms with Gasteiger partial charge in [0.2, 0.25) is 0 Å². The normalized spacial score (nSPS) is 13.6. The molecule has 0 amide bonds. The largest absolute Gasteiger partial charge is 0.497 e. The van der Waals surface area contributed by atoms with E-state index in [0.717, 1.165) is 23.0 Å². The Morgan fingerprint density at radius 1 is 1.20 bits per heavy atom. The van der Waals surface area contributed by atoms with Gasteiger partial charge < -0.3 is 14.4 Å². The molecule has 1 atom stereocenters. The van der Waals surface area contributed by atoms with Crippen LogP contribution in [0.5, 0.6) is 5.75 Å². The monoisotopic (exact) mass is 416 g/mol. The van der Waals surface area contributed by atoms with Crippen LogP contribution in [0, 0.1) is 6.57 Å². The predicted octanol–water partition coefficient (Wildman–Crippen LogP) is 4.78. The number of aromatic nitrogens is 1. The van der Waals surface area contributed by atoms with Gasteiger partial charge in [-0.05, 0) is 36.8 Å². The number of hydrogen-bond acceptors (Lipinski definition) is 3. The highest BCUT2D eigenvalue weighted by Gasteiger charge is 2.35. The van der Waals surface area contributed by atoms with Gasteiger partial charge in [-0.2, -0.15) is 13.2 Å². The van der Waals surface area contributed by atoms with Crippen LogP contribution >= 0.6 is 0 Å². The maximum Gasteiger partial charge on any atom is 0.407 e. The Bertz CT molecular complexity index is 1140. The van der Waals surface area contributed by atoms with Crippen LogP contribution in [0.1, 0.15) is 18.1 Å². The van der Waals surface area contributed by atoms with Crippen LogP contribution in [0.3, 0.4) is 0 Å². The predicted molar refractivity (Wildman–Crippen MR) is 106 cm³/mol. The van der Waals surface area contributed by atoms with Crippen LogP contribution in [0.4, 0.5) is 18.9 Å². The van der Waals surface area contributed by atoms with E-state index < -0.39 is 28.8 Å². The number of ketones is 1. The first kappa shape index (κ1) is 21.4. The number of carbonyl (C=O) groups excluding carboxylic acids is 1. The summed E-state index contributed by atoms with van der Waals surface area (Å²) in [6.07, 6.45) is -3.37. The number of halogens is 3. The van der Waals surface area contributed by atoms with E-state index in [2.05, 4.69) is 4.85 Å². The number of rotatable bonds is 6. The fraction of sp³-hybridized carbons (Fsp3) is 0.273. The van der Waals surface area contributed by atoms with Gasteiger partial charge in [0.25, 0.3) is 0 Å². The summed E-state index contributed by atoms with van der Waals surface area (Å²) in [4.78, 5) is 15.6. The standard InChI is InChI=1S/C22H19F3N2O3/c1-21(29,13-27-9-8-15-12-16(30-3)5-7-19(15)27)20(28)11-14-4-6-18(26-2)17(10-14)22(23,24)25/h4-10,12,29H,11,13H2,1,3H3/t21-/m0/s1. The highest BCUT2D eigenvalue weighted by molar-refractivity contribution is 5.89. The van der Waals surface area contributed by atoms with Crippen molar-refractivity contribution >= 4 is 22.4 Å². The van der Waals surface area contributed by atoms with Gasteiger partial charge >= 0.3 is 6.18 Å². The zero-order valence-corrected chi connectivity index (χ0v) is 16.3. The Morgan fingerprint density at radius 2 is 1.93 bits per heavy atom. The third-order valence-electron chi connectivity index (χ3n) is 4.91. The molecule has 1 heterocycles. The van der Waals surface area contributed by atoms with Crippen molar-refractivity contribution < 1.29 is 27.8 Å². The minimum atomic E-state index is -4.70. The van der Waals surface area contributed by atoms with Crippen LogP contribution in [0.15, 0.2) is 48.7 Å². The molecule has 0 unspecified atom stereocenters. The van der Waals surface area contributed by atoms with Crippen LogP contribution in [-0.2, 0) is 23.9 Å². The number of carbonyl (C=O) groups is 1. The van der Waals surface area contributed by atoms with Gasteiger partial charge in [0.15, 0.2) is 11.5 Å². The summed E-state index contributed by atoms with van der Waals surface area (Å²) < 4.78 is 46.3. The minimum absolute atomic E-state index is 0.0616. The topological polar surface area (TPSA) is 55.8 Å². The van der Waals surface area contributed by atoms with Crippen molar-refractivity contribution in [3.63, 3.8) is 0 Å². The highest BCUT2D eigenvalue weighted by Crippen LogP contribution is 2.37. The second-order valence-electron chi connectivity index (χ2n) is 7.20. The van der Waals surface area contributed by atoms with E-state index in [-0.39, 0.29) is 18.5 Å². The number of methoxy groups -OCH3 is 1. The lowest BCUT2D eigenvalue weighted by Crippen LogP contribution is -2.40. The number of aliphatic hydroxyl groups is 1. The lowest BCUT2D eigenvalue weighted by molar-refractivity contribution is -0.138. The van der Waals surface area contributed by atoms with Crippen LogP contribution in [-0.4, -0.2) is 28.2 Å². The first-order valence-corrected chi connectivity index (χ1v) is 9.01. The molecular formula is C22H19F3N2O3. The quantitative estimate of drug-likeness (QED) is 0.589. The Kier molecular flexibility index (Phi) is 5.59. The molecule has 1 aromatic heterocycles. The molecule has 0 aliphatic heterocycles. The van der Waals surface area contributed by atoms with E-state index in [0.29, 0.717) is 5.75 Å². The van der Waals surface area contributed by atoms with Crippen molar-refractivity contribution in [1.29, 1.82) is 0 Å². The molecule has 0 fully saturated rings. The number of ether oxygens (including phenoxy) is 1. The van der Waals surface area contributed by atoms with Crippen LogP contribution in [0.2, 0.25) is 0 Å². The molecule has 0 saturated heterocycles. The summed E-state index contributed by atoms with van der Waals surface area (Å²) >= 11 is 0. The summed E-state index contributed by atoms with van der Waals surface area (Å²) in [5.74, 6) is 0.0490. The number of hydrogen-bond donors (Lipinski definition) is 1. The molecule has 0 aliphatic rings. The Balaban J connectivity index is 1.82. The summed E-state index contributed by atoms with van der Waals surface area (Å²) in [6, 6.07) is 10.3. The maximum atomic E-state index is 13.2. The molecule has 3 rings (SSSR count). The molecule has 0 bridgehead atoms. The summed E-state index contributed by atoms with van der Waals surface area (Å²) in [5.41, 5.74) is -2.55. The number of fused-ring (bicyclic) bond motifs is 1. The molecule has 8 heteroatoms. The number of nitrogens with zero attached hydrogens (tertiary/aromatic N) is 2. The SMILES string of the molecule is [C-]#[N+]c1ccc(CC(=O)[C@@](C)(O)Cn2ccc3cc(OC)ccc32)cc1C(F)(F)F. The van der Waals surface area contributed by atoms with Crippen molar-refractivity contribution in [3.05, 3.63) is 71.2 Å². The fourth-order valence-corrected chi connectivity index (χ4v) is 3.26. The first-order chi connectivity index (χ1) is 14.0. The van der Waals surface area contributed by atoms with E-state index in [4.69, 9.17) is 11.3 Å². The summed E-state index contributed by atoms with van der Waals surface area (Å²) in [7, 11) is 1.55. The molecule has 0 radical (unpaired) electrons. The smallest absolute Gasteiger partial charge is 0.407 e. The van der Waals surface area contributed by atoms with Crippen LogP contribution < -0.4 is 4.74 Å². The molecule has 3 aromatic rings. The van der Waals surface area contributed by atoms with Crippen molar-refractivity contribution in [3.8, 4) is 5.75 Å². The molecular weight excluding hydrogens is 397 g/mol. The molecule has 0 saturated carbocycles. The summed E-state index contributed by atoms with van der Waals surface area (Å²) in [6.45, 7) is 8.16. The van der Waals surface area contributed by atoms with Crippen molar-refractivity contribution in [1.82, 2.24) is 4.57 Å². The third kappa shape index (κ3) is 4.31. The van der Waals surface area contributed by atoms with E-state index in [1.54, 1.807) is 30.0 Å². The molecule has 2 aromatic carbocycles. The first-order valence-electron chi connectivity index (χ1n) is 9.01. The molecule has 5 nitrogen and oxygen atoms in total. The third-order valence-corrected chi connectivity index (χ3v) is 4.91. The lowest BCUT2D eigenvalue weighted by Gasteiger charge is -2.23. The van der Waals surface area contributed by atoms with Crippen molar-refractivity contribution in [2.24, 2.45) is 0 Å². The van der Waals surface area contributed by atoms with Gasteiger partial charge in [-0.3, -0.25) is 4.79 Å². The number of benzene rings is 2. The molecule has 1 N–H and O–H groups in total. The van der Waals surface area contributed by atoms with E-state index >= 15 is 0 Å². The molecule has 0 aliphatic carbocycles. The average Bonchev–Trinajstić information content (AvgIpc) is 3.08.